The Morgan fingerprint density at radius 3 is 2.61 bits per heavy atom. The molecule has 0 radical (unpaired) electrons. The standard InChI is InChI=1S/C12H22N4O2/c1-5-7-9(8-10(17)18)16-11(13-14-15-16)12(3,4)6-2/h9H,5-8H2,1-4H3,(H,17,18). The first-order valence-corrected chi connectivity index (χ1v) is 6.42. The zero-order valence-electron chi connectivity index (χ0n) is 11.6. The lowest BCUT2D eigenvalue weighted by Gasteiger charge is -2.24. The van der Waals surface area contributed by atoms with Gasteiger partial charge in [-0.15, -0.1) is 5.10 Å². The molecule has 1 unspecified atom stereocenters. The van der Waals surface area contributed by atoms with Crippen molar-refractivity contribution in [2.75, 3.05) is 0 Å². The van der Waals surface area contributed by atoms with E-state index in [1.165, 1.54) is 0 Å². The molecule has 1 aromatic heterocycles. The largest absolute Gasteiger partial charge is 0.481 e. The van der Waals surface area contributed by atoms with E-state index in [0.717, 1.165) is 25.1 Å². The molecule has 6 heteroatoms. The average molecular weight is 254 g/mol. The van der Waals surface area contributed by atoms with Crippen LogP contribution in [0.25, 0.3) is 0 Å². The second kappa shape index (κ2) is 5.93. The lowest BCUT2D eigenvalue weighted by Crippen LogP contribution is -2.26. The van der Waals surface area contributed by atoms with E-state index in [4.69, 9.17) is 5.11 Å². The minimum absolute atomic E-state index is 0.0612. The normalized spacial score (nSPS) is 13.6. The molecule has 0 aliphatic heterocycles. The highest BCUT2D eigenvalue weighted by molar-refractivity contribution is 5.67. The fourth-order valence-corrected chi connectivity index (χ4v) is 1.89. The molecule has 18 heavy (non-hydrogen) atoms. The Bertz CT molecular complexity index is 401. The first-order chi connectivity index (χ1) is 8.42. The van der Waals surface area contributed by atoms with E-state index in [2.05, 4.69) is 36.3 Å². The van der Waals surface area contributed by atoms with E-state index in [1.807, 2.05) is 6.92 Å². The number of hydrogen-bond donors (Lipinski definition) is 1. The van der Waals surface area contributed by atoms with Gasteiger partial charge in [0.1, 0.15) is 0 Å². The summed E-state index contributed by atoms with van der Waals surface area (Å²) < 4.78 is 1.70. The smallest absolute Gasteiger partial charge is 0.305 e. The first kappa shape index (κ1) is 14.6. The maximum atomic E-state index is 10.9. The van der Waals surface area contributed by atoms with Crippen LogP contribution in [0.15, 0.2) is 0 Å². The van der Waals surface area contributed by atoms with Crippen LogP contribution in [0.4, 0.5) is 0 Å². The van der Waals surface area contributed by atoms with Gasteiger partial charge < -0.3 is 5.11 Å². The van der Waals surface area contributed by atoms with Crippen molar-refractivity contribution in [2.24, 2.45) is 0 Å². The van der Waals surface area contributed by atoms with Gasteiger partial charge >= 0.3 is 5.97 Å². The number of aromatic nitrogens is 4. The van der Waals surface area contributed by atoms with Crippen LogP contribution in [0.3, 0.4) is 0 Å². The third kappa shape index (κ3) is 3.27. The molecule has 1 N–H and O–H groups in total. The minimum Gasteiger partial charge on any atom is -0.481 e. The second-order valence-electron chi connectivity index (χ2n) is 5.22. The maximum absolute atomic E-state index is 10.9. The van der Waals surface area contributed by atoms with Crippen LogP contribution < -0.4 is 0 Å². The molecule has 1 atom stereocenters. The lowest BCUT2D eigenvalue weighted by molar-refractivity contribution is -0.138. The summed E-state index contributed by atoms with van der Waals surface area (Å²) in [5, 5.41) is 20.8. The van der Waals surface area contributed by atoms with Crippen molar-refractivity contribution in [3.05, 3.63) is 5.82 Å². The third-order valence-electron chi connectivity index (χ3n) is 3.36. The molecule has 0 aliphatic carbocycles. The van der Waals surface area contributed by atoms with E-state index in [0.29, 0.717) is 0 Å². The van der Waals surface area contributed by atoms with Gasteiger partial charge in [0.15, 0.2) is 5.82 Å². The van der Waals surface area contributed by atoms with Gasteiger partial charge in [0.05, 0.1) is 12.5 Å². The van der Waals surface area contributed by atoms with Gasteiger partial charge in [0.2, 0.25) is 0 Å². The van der Waals surface area contributed by atoms with Crippen LogP contribution in [0, 0.1) is 0 Å². The molecular formula is C12H22N4O2. The SMILES string of the molecule is CCCC(CC(=O)O)n1nnnc1C(C)(C)CC. The zero-order valence-corrected chi connectivity index (χ0v) is 11.6. The Morgan fingerprint density at radius 2 is 2.11 bits per heavy atom. The number of aliphatic carboxylic acids is 1. The van der Waals surface area contributed by atoms with E-state index in [-0.39, 0.29) is 17.9 Å². The molecule has 0 spiro atoms. The summed E-state index contributed by atoms with van der Waals surface area (Å²) in [5.41, 5.74) is -0.145. The summed E-state index contributed by atoms with van der Waals surface area (Å²) in [6.07, 6.45) is 2.64. The quantitative estimate of drug-likeness (QED) is 0.806. The monoisotopic (exact) mass is 254 g/mol. The first-order valence-electron chi connectivity index (χ1n) is 6.42. The maximum Gasteiger partial charge on any atom is 0.305 e. The predicted molar refractivity (Wildman–Crippen MR) is 67.3 cm³/mol. The summed E-state index contributed by atoms with van der Waals surface area (Å²) in [5.74, 6) is -0.0473. The molecule has 0 amide bonds. The Hall–Kier alpha value is -1.46. The van der Waals surface area contributed by atoms with Crippen molar-refractivity contribution in [1.29, 1.82) is 0 Å². The van der Waals surface area contributed by atoms with Crippen molar-refractivity contribution in [3.63, 3.8) is 0 Å². The van der Waals surface area contributed by atoms with Crippen LogP contribution >= 0.6 is 0 Å². The summed E-state index contributed by atoms with van der Waals surface area (Å²) in [6.45, 7) is 8.24. The van der Waals surface area contributed by atoms with E-state index in [9.17, 15) is 4.79 Å². The highest BCUT2D eigenvalue weighted by Gasteiger charge is 2.29. The van der Waals surface area contributed by atoms with Gasteiger partial charge in [-0.1, -0.05) is 34.1 Å². The van der Waals surface area contributed by atoms with Crippen molar-refractivity contribution >= 4 is 5.97 Å². The fraction of sp³-hybridized carbons (Fsp3) is 0.833. The summed E-state index contributed by atoms with van der Waals surface area (Å²) in [6, 6.07) is -0.164. The molecule has 1 rings (SSSR count). The Balaban J connectivity index is 3.05. The Morgan fingerprint density at radius 1 is 1.44 bits per heavy atom. The topological polar surface area (TPSA) is 80.9 Å². The number of carboxylic acid groups (broad SMARTS) is 1. The molecule has 1 aromatic rings. The Labute approximate surface area is 107 Å². The van der Waals surface area contributed by atoms with Gasteiger partial charge in [-0.2, -0.15) is 0 Å². The molecular weight excluding hydrogens is 232 g/mol. The zero-order chi connectivity index (χ0) is 13.8. The van der Waals surface area contributed by atoms with Crippen LogP contribution in [-0.4, -0.2) is 31.3 Å². The molecule has 0 aliphatic rings. The number of carboxylic acids is 1. The highest BCUT2D eigenvalue weighted by Crippen LogP contribution is 2.28. The van der Waals surface area contributed by atoms with Crippen LogP contribution in [0.5, 0.6) is 0 Å². The number of carbonyl (C=O) groups is 1. The van der Waals surface area contributed by atoms with Gasteiger partial charge in [-0.3, -0.25) is 4.79 Å². The van der Waals surface area contributed by atoms with Gasteiger partial charge in [-0.05, 0) is 23.3 Å². The molecule has 6 nitrogen and oxygen atoms in total. The molecule has 102 valence electrons. The van der Waals surface area contributed by atoms with Crippen LogP contribution in [0.2, 0.25) is 0 Å². The van der Waals surface area contributed by atoms with Gasteiger partial charge in [0, 0.05) is 5.41 Å². The molecule has 0 fully saturated rings. The Kier molecular flexibility index (Phi) is 4.81. The number of tetrazole rings is 1. The summed E-state index contributed by atoms with van der Waals surface area (Å²) in [4.78, 5) is 10.9. The van der Waals surface area contributed by atoms with E-state index in [1.54, 1.807) is 4.68 Å². The second-order valence-corrected chi connectivity index (χ2v) is 5.22. The summed E-state index contributed by atoms with van der Waals surface area (Å²) in [7, 11) is 0. The molecule has 0 bridgehead atoms. The van der Waals surface area contributed by atoms with Crippen molar-refractivity contribution in [1.82, 2.24) is 20.2 Å². The van der Waals surface area contributed by atoms with E-state index < -0.39 is 5.97 Å². The number of rotatable bonds is 7. The van der Waals surface area contributed by atoms with Crippen LogP contribution in [0.1, 0.15) is 65.2 Å². The lowest BCUT2D eigenvalue weighted by atomic mass is 9.89. The fourth-order valence-electron chi connectivity index (χ4n) is 1.89. The van der Waals surface area contributed by atoms with Gasteiger partial charge in [0.25, 0.3) is 0 Å². The molecule has 0 saturated carbocycles. The van der Waals surface area contributed by atoms with Crippen LogP contribution in [-0.2, 0) is 10.2 Å². The average Bonchev–Trinajstić information content (AvgIpc) is 2.77. The van der Waals surface area contributed by atoms with Crippen molar-refractivity contribution in [3.8, 4) is 0 Å². The van der Waals surface area contributed by atoms with Gasteiger partial charge in [-0.25, -0.2) is 4.68 Å². The molecule has 0 aromatic carbocycles. The van der Waals surface area contributed by atoms with E-state index >= 15 is 0 Å². The predicted octanol–water partition coefficient (Wildman–Crippen LogP) is 2.18. The van der Waals surface area contributed by atoms with Crippen molar-refractivity contribution in [2.45, 2.75) is 64.8 Å². The third-order valence-corrected chi connectivity index (χ3v) is 3.36. The molecule has 1 heterocycles. The highest BCUT2D eigenvalue weighted by atomic mass is 16.4. The van der Waals surface area contributed by atoms with Crippen molar-refractivity contribution < 1.29 is 9.90 Å². The number of nitrogens with zero attached hydrogens (tertiary/aromatic N) is 4. The number of hydrogen-bond acceptors (Lipinski definition) is 4. The molecule has 0 saturated heterocycles. The minimum atomic E-state index is -0.816. The summed E-state index contributed by atoms with van der Waals surface area (Å²) >= 11 is 0.